The van der Waals surface area contributed by atoms with Gasteiger partial charge in [0.1, 0.15) is 0 Å². The third kappa shape index (κ3) is 2.83. The number of hydrogen-bond acceptors (Lipinski definition) is 6. The lowest BCUT2D eigenvalue weighted by Crippen LogP contribution is -2.24. The second-order valence-electron chi connectivity index (χ2n) is 4.51. The lowest BCUT2D eigenvalue weighted by molar-refractivity contribution is -0.605. The summed E-state index contributed by atoms with van der Waals surface area (Å²) in [6, 6.07) is 7.39. The quantitative estimate of drug-likeness (QED) is 0.363. The molecule has 112 valence electrons. The minimum absolute atomic E-state index is 0.121. The summed E-state index contributed by atoms with van der Waals surface area (Å²) in [6.45, 7) is -0.277. The van der Waals surface area contributed by atoms with E-state index in [1.54, 1.807) is 18.2 Å². The van der Waals surface area contributed by atoms with Crippen LogP contribution in [0.2, 0.25) is 0 Å². The minimum atomic E-state index is -0.672. The summed E-state index contributed by atoms with van der Waals surface area (Å²) < 4.78 is 15.8. The van der Waals surface area contributed by atoms with Crippen LogP contribution < -0.4 is 14.2 Å². The SMILES string of the molecule is O=C(COC(=O)c1cc[n+]([O-])cc1)c1ccc2c(c1)OCO2. The van der Waals surface area contributed by atoms with E-state index < -0.39 is 12.6 Å². The Morgan fingerprint density at radius 3 is 2.59 bits per heavy atom. The van der Waals surface area contributed by atoms with Crippen LogP contribution in [0, 0.1) is 5.21 Å². The van der Waals surface area contributed by atoms with Crippen molar-refractivity contribution < 1.29 is 28.5 Å². The van der Waals surface area contributed by atoms with Crippen LogP contribution in [0.3, 0.4) is 0 Å². The topological polar surface area (TPSA) is 88.8 Å². The van der Waals surface area contributed by atoms with Crippen LogP contribution in [0.4, 0.5) is 0 Å². The van der Waals surface area contributed by atoms with E-state index in [-0.39, 0.29) is 18.1 Å². The predicted octanol–water partition coefficient (Wildman–Crippen LogP) is 1.09. The first-order valence-corrected chi connectivity index (χ1v) is 6.42. The third-order valence-electron chi connectivity index (χ3n) is 3.07. The highest BCUT2D eigenvalue weighted by molar-refractivity contribution is 5.99. The van der Waals surface area contributed by atoms with Gasteiger partial charge in [0.2, 0.25) is 6.79 Å². The molecule has 1 aromatic heterocycles. The summed E-state index contributed by atoms with van der Waals surface area (Å²) in [5, 5.41) is 10.9. The van der Waals surface area contributed by atoms with Gasteiger partial charge >= 0.3 is 5.97 Å². The Balaban J connectivity index is 1.62. The molecule has 0 aliphatic carbocycles. The van der Waals surface area contributed by atoms with Crippen LogP contribution in [0.15, 0.2) is 42.7 Å². The zero-order chi connectivity index (χ0) is 15.5. The van der Waals surface area contributed by atoms with Gasteiger partial charge in [-0.05, 0) is 18.2 Å². The van der Waals surface area contributed by atoms with Gasteiger partial charge in [-0.1, -0.05) is 0 Å². The summed E-state index contributed by atoms with van der Waals surface area (Å²) >= 11 is 0. The van der Waals surface area contributed by atoms with Gasteiger partial charge in [-0.2, -0.15) is 4.73 Å². The Kier molecular flexibility index (Phi) is 3.61. The monoisotopic (exact) mass is 301 g/mol. The third-order valence-corrected chi connectivity index (χ3v) is 3.07. The second-order valence-corrected chi connectivity index (χ2v) is 4.51. The van der Waals surface area contributed by atoms with Gasteiger partial charge in [-0.3, -0.25) is 4.79 Å². The number of carbonyl (C=O) groups excluding carboxylic acids is 2. The van der Waals surface area contributed by atoms with E-state index in [1.165, 1.54) is 24.5 Å². The molecule has 7 heteroatoms. The van der Waals surface area contributed by atoms with Crippen molar-refractivity contribution in [2.24, 2.45) is 0 Å². The number of fused-ring (bicyclic) bond motifs is 1. The molecule has 0 unspecified atom stereocenters. The molecule has 0 bridgehead atoms. The predicted molar refractivity (Wildman–Crippen MR) is 72.6 cm³/mol. The number of ether oxygens (including phenoxy) is 3. The molecule has 7 nitrogen and oxygen atoms in total. The normalized spacial score (nSPS) is 12.0. The summed E-state index contributed by atoms with van der Waals surface area (Å²) in [4.78, 5) is 23.8. The molecule has 0 amide bonds. The van der Waals surface area contributed by atoms with Crippen molar-refractivity contribution in [2.75, 3.05) is 13.4 Å². The molecule has 0 radical (unpaired) electrons. The number of rotatable bonds is 4. The van der Waals surface area contributed by atoms with Crippen molar-refractivity contribution in [2.45, 2.75) is 0 Å². The summed E-state index contributed by atoms with van der Waals surface area (Å²) in [5.74, 6) is 0.0279. The van der Waals surface area contributed by atoms with Crippen molar-refractivity contribution in [3.8, 4) is 11.5 Å². The van der Waals surface area contributed by atoms with Gasteiger partial charge in [-0.25, -0.2) is 4.79 Å². The van der Waals surface area contributed by atoms with E-state index in [2.05, 4.69) is 0 Å². The fourth-order valence-electron chi connectivity index (χ4n) is 1.92. The van der Waals surface area contributed by atoms with E-state index in [4.69, 9.17) is 14.2 Å². The molecule has 0 spiro atoms. The maximum Gasteiger partial charge on any atom is 0.339 e. The Morgan fingerprint density at radius 1 is 1.09 bits per heavy atom. The number of Topliss-reactive ketones (excluding diaryl/α,β-unsaturated/α-hetero) is 1. The highest BCUT2D eigenvalue weighted by atomic mass is 16.7. The minimum Gasteiger partial charge on any atom is -0.619 e. The molecular formula is C15H11NO6. The number of ketones is 1. The standard InChI is InChI=1S/C15H11NO6/c17-12(11-1-2-13-14(7-11)22-9-21-13)8-20-15(18)10-3-5-16(19)6-4-10/h1-7H,8-9H2. The van der Waals surface area contributed by atoms with E-state index in [1.807, 2.05) is 0 Å². The summed E-state index contributed by atoms with van der Waals surface area (Å²) in [6.07, 6.45) is 2.35. The van der Waals surface area contributed by atoms with E-state index >= 15 is 0 Å². The highest BCUT2D eigenvalue weighted by Gasteiger charge is 2.17. The van der Waals surface area contributed by atoms with E-state index in [0.29, 0.717) is 21.8 Å². The average molecular weight is 301 g/mol. The molecule has 22 heavy (non-hydrogen) atoms. The molecule has 2 heterocycles. The average Bonchev–Trinajstić information content (AvgIpc) is 3.00. The molecule has 0 fully saturated rings. The van der Waals surface area contributed by atoms with Crippen LogP contribution in [-0.4, -0.2) is 25.2 Å². The smallest absolute Gasteiger partial charge is 0.339 e. The van der Waals surface area contributed by atoms with Gasteiger partial charge in [0.05, 0.1) is 5.56 Å². The van der Waals surface area contributed by atoms with Crippen LogP contribution in [-0.2, 0) is 4.74 Å². The van der Waals surface area contributed by atoms with Crippen molar-refractivity contribution in [1.82, 2.24) is 0 Å². The molecule has 3 rings (SSSR count). The van der Waals surface area contributed by atoms with Gasteiger partial charge in [0.25, 0.3) is 0 Å². The summed E-state index contributed by atoms with van der Waals surface area (Å²) in [5.41, 5.74) is 0.563. The van der Waals surface area contributed by atoms with Crippen LogP contribution in [0.1, 0.15) is 20.7 Å². The Labute approximate surface area is 125 Å². The van der Waals surface area contributed by atoms with Crippen molar-refractivity contribution in [1.29, 1.82) is 0 Å². The molecule has 1 aliphatic heterocycles. The molecule has 0 saturated heterocycles. The van der Waals surface area contributed by atoms with Crippen LogP contribution in [0.5, 0.6) is 11.5 Å². The zero-order valence-corrected chi connectivity index (χ0v) is 11.4. The van der Waals surface area contributed by atoms with Crippen molar-refractivity contribution >= 4 is 11.8 Å². The number of esters is 1. The van der Waals surface area contributed by atoms with Crippen LogP contribution >= 0.6 is 0 Å². The molecule has 0 atom stereocenters. The number of nitrogens with zero attached hydrogens (tertiary/aromatic N) is 1. The van der Waals surface area contributed by atoms with Gasteiger partial charge < -0.3 is 19.4 Å². The Bertz CT molecular complexity index is 725. The first-order valence-electron chi connectivity index (χ1n) is 6.42. The number of hydrogen-bond donors (Lipinski definition) is 0. The molecule has 1 aromatic carbocycles. The molecule has 1 aliphatic rings. The molecule has 2 aromatic rings. The Morgan fingerprint density at radius 2 is 1.82 bits per heavy atom. The highest BCUT2D eigenvalue weighted by Crippen LogP contribution is 2.32. The van der Waals surface area contributed by atoms with Crippen molar-refractivity contribution in [3.05, 3.63) is 59.1 Å². The number of benzene rings is 1. The molecule has 0 saturated carbocycles. The largest absolute Gasteiger partial charge is 0.619 e. The lowest BCUT2D eigenvalue weighted by atomic mass is 10.1. The van der Waals surface area contributed by atoms with Crippen LogP contribution in [0.25, 0.3) is 0 Å². The number of aromatic nitrogens is 1. The van der Waals surface area contributed by atoms with Gasteiger partial charge in [0, 0.05) is 17.7 Å². The molecule has 0 N–H and O–H groups in total. The Hall–Kier alpha value is -3.09. The zero-order valence-electron chi connectivity index (χ0n) is 11.4. The summed E-state index contributed by atoms with van der Waals surface area (Å²) in [7, 11) is 0. The number of carbonyl (C=O) groups is 2. The first kappa shape index (κ1) is 13.9. The van der Waals surface area contributed by atoms with E-state index in [0.717, 1.165) is 0 Å². The maximum atomic E-state index is 12.0. The number of pyridine rings is 1. The van der Waals surface area contributed by atoms with Gasteiger partial charge in [0.15, 0.2) is 36.3 Å². The molecular weight excluding hydrogens is 290 g/mol. The van der Waals surface area contributed by atoms with Gasteiger partial charge in [-0.15, -0.1) is 0 Å². The second kappa shape index (κ2) is 5.72. The maximum absolute atomic E-state index is 12.0. The first-order chi connectivity index (χ1) is 10.6. The van der Waals surface area contributed by atoms with Crippen molar-refractivity contribution in [3.63, 3.8) is 0 Å². The van der Waals surface area contributed by atoms with E-state index in [9.17, 15) is 14.8 Å². The fourth-order valence-corrected chi connectivity index (χ4v) is 1.92. The fraction of sp³-hybridized carbons (Fsp3) is 0.133. The lowest BCUT2D eigenvalue weighted by Gasteiger charge is -2.05.